The van der Waals surface area contributed by atoms with Gasteiger partial charge >= 0.3 is 6.01 Å². The fourth-order valence-electron chi connectivity index (χ4n) is 3.52. The van der Waals surface area contributed by atoms with Crippen LogP contribution in [0.2, 0.25) is 0 Å². The lowest BCUT2D eigenvalue weighted by Gasteiger charge is -2.26. The lowest BCUT2D eigenvalue weighted by Crippen LogP contribution is -2.37. The fourth-order valence-corrected chi connectivity index (χ4v) is 3.52. The Balaban J connectivity index is 1.31. The number of rotatable bonds is 8. The third-order valence-electron chi connectivity index (χ3n) is 5.20. The van der Waals surface area contributed by atoms with Crippen LogP contribution in [0.5, 0.6) is 6.01 Å². The van der Waals surface area contributed by atoms with Gasteiger partial charge in [-0.3, -0.25) is 4.98 Å². The second-order valence-electron chi connectivity index (χ2n) is 7.42. The first kappa shape index (κ1) is 20.8. The number of morpholine rings is 1. The molecular formula is C23H24N8O2. The predicted octanol–water partition coefficient (Wildman–Crippen LogP) is 2.65. The molecular weight excluding hydrogens is 420 g/mol. The molecule has 0 unspecified atom stereocenters. The molecule has 1 saturated heterocycles. The van der Waals surface area contributed by atoms with E-state index in [0.29, 0.717) is 51.2 Å². The Morgan fingerprint density at radius 3 is 2.85 bits per heavy atom. The summed E-state index contributed by atoms with van der Waals surface area (Å²) in [6, 6.07) is 14.1. The molecule has 1 aliphatic rings. The first-order valence-corrected chi connectivity index (χ1v) is 10.8. The van der Waals surface area contributed by atoms with E-state index in [1.807, 2.05) is 53.6 Å². The highest BCUT2D eigenvalue weighted by Gasteiger charge is 2.17. The Morgan fingerprint density at radius 2 is 1.97 bits per heavy atom. The van der Waals surface area contributed by atoms with Gasteiger partial charge in [0.05, 0.1) is 26.0 Å². The summed E-state index contributed by atoms with van der Waals surface area (Å²) in [6.45, 7) is 3.07. The standard InChI is InChI=1S/C23H24N8O2/c1-2-7-20-19(6-1)17(15-25-20)16-26-30-21-27-22(31-10-13-32-14-11-31)29-23(28-21)33-12-8-18-5-3-4-9-24-18/h1-7,9,15-16,25H,8,10-14H2,(H,27,28,29,30)/b26-16-. The number of aromatic amines is 1. The summed E-state index contributed by atoms with van der Waals surface area (Å²) in [5.74, 6) is 0.848. The van der Waals surface area contributed by atoms with Crippen LogP contribution in [0.25, 0.3) is 10.9 Å². The van der Waals surface area contributed by atoms with Crippen molar-refractivity contribution in [3.05, 3.63) is 66.1 Å². The van der Waals surface area contributed by atoms with E-state index >= 15 is 0 Å². The number of anilines is 2. The minimum atomic E-state index is 0.243. The number of hydrogen-bond acceptors (Lipinski definition) is 9. The third kappa shape index (κ3) is 5.24. The van der Waals surface area contributed by atoms with Crippen molar-refractivity contribution < 1.29 is 9.47 Å². The number of nitrogens with one attached hydrogen (secondary N) is 2. The molecule has 4 aromatic rings. The van der Waals surface area contributed by atoms with Gasteiger partial charge in [-0.25, -0.2) is 5.43 Å². The second-order valence-corrected chi connectivity index (χ2v) is 7.42. The molecule has 0 amide bonds. The number of ether oxygens (including phenoxy) is 2. The summed E-state index contributed by atoms with van der Waals surface area (Å²) >= 11 is 0. The lowest BCUT2D eigenvalue weighted by molar-refractivity contribution is 0.122. The Labute approximate surface area is 190 Å². The maximum Gasteiger partial charge on any atom is 0.323 e. The number of nitrogens with zero attached hydrogens (tertiary/aromatic N) is 6. The zero-order valence-corrected chi connectivity index (χ0v) is 18.0. The number of hydrogen-bond donors (Lipinski definition) is 2. The number of benzene rings is 1. The summed E-state index contributed by atoms with van der Waals surface area (Å²) < 4.78 is 11.3. The first-order valence-electron chi connectivity index (χ1n) is 10.8. The molecule has 2 N–H and O–H groups in total. The molecule has 0 aliphatic carbocycles. The van der Waals surface area contributed by atoms with Crippen LogP contribution in [-0.2, 0) is 11.2 Å². The van der Waals surface area contributed by atoms with E-state index in [2.05, 4.69) is 35.4 Å². The zero-order chi connectivity index (χ0) is 22.3. The summed E-state index contributed by atoms with van der Waals surface area (Å²) in [6.07, 6.45) is 6.07. The maximum absolute atomic E-state index is 5.83. The summed E-state index contributed by atoms with van der Waals surface area (Å²) in [7, 11) is 0. The van der Waals surface area contributed by atoms with E-state index in [1.165, 1.54) is 0 Å². The molecule has 5 rings (SSSR count). The van der Waals surface area contributed by atoms with E-state index in [1.54, 1.807) is 12.4 Å². The van der Waals surface area contributed by atoms with Crippen molar-refractivity contribution in [3.8, 4) is 6.01 Å². The molecule has 10 nitrogen and oxygen atoms in total. The van der Waals surface area contributed by atoms with E-state index in [-0.39, 0.29) is 6.01 Å². The van der Waals surface area contributed by atoms with Crippen molar-refractivity contribution in [2.75, 3.05) is 43.2 Å². The van der Waals surface area contributed by atoms with Crippen molar-refractivity contribution in [3.63, 3.8) is 0 Å². The van der Waals surface area contributed by atoms with Gasteiger partial charge in [-0.1, -0.05) is 24.3 Å². The topological polar surface area (TPSA) is 113 Å². The van der Waals surface area contributed by atoms with Gasteiger partial charge in [-0.15, -0.1) is 0 Å². The highest BCUT2D eigenvalue weighted by molar-refractivity contribution is 5.99. The van der Waals surface area contributed by atoms with Gasteiger partial charge < -0.3 is 19.4 Å². The van der Waals surface area contributed by atoms with Gasteiger partial charge in [0.25, 0.3) is 5.95 Å². The quantitative estimate of drug-likeness (QED) is 0.315. The Hall–Kier alpha value is -4.05. The van der Waals surface area contributed by atoms with E-state index < -0.39 is 0 Å². The Kier molecular flexibility index (Phi) is 6.34. The molecule has 0 spiro atoms. The normalized spacial score (nSPS) is 14.1. The van der Waals surface area contributed by atoms with Gasteiger partial charge in [0.1, 0.15) is 0 Å². The van der Waals surface area contributed by atoms with Crippen LogP contribution >= 0.6 is 0 Å². The number of hydrazone groups is 1. The van der Waals surface area contributed by atoms with Crippen LogP contribution in [0, 0.1) is 0 Å². The molecule has 0 radical (unpaired) electrons. The van der Waals surface area contributed by atoms with E-state index in [9.17, 15) is 0 Å². The molecule has 168 valence electrons. The second kappa shape index (κ2) is 10.0. The molecule has 33 heavy (non-hydrogen) atoms. The number of pyridine rings is 1. The van der Waals surface area contributed by atoms with Crippen molar-refractivity contribution in [1.82, 2.24) is 24.9 Å². The molecule has 0 bridgehead atoms. The average Bonchev–Trinajstić information content (AvgIpc) is 3.28. The molecule has 10 heteroatoms. The Morgan fingerprint density at radius 1 is 1.09 bits per heavy atom. The predicted molar refractivity (Wildman–Crippen MR) is 126 cm³/mol. The monoisotopic (exact) mass is 444 g/mol. The van der Waals surface area contributed by atoms with Crippen molar-refractivity contribution >= 4 is 29.0 Å². The number of H-pyrrole nitrogens is 1. The van der Waals surface area contributed by atoms with Crippen molar-refractivity contribution in [1.29, 1.82) is 0 Å². The van der Waals surface area contributed by atoms with E-state index in [4.69, 9.17) is 9.47 Å². The third-order valence-corrected chi connectivity index (χ3v) is 5.20. The number of para-hydroxylation sites is 1. The Bertz CT molecular complexity index is 1220. The highest BCUT2D eigenvalue weighted by Crippen LogP contribution is 2.18. The minimum absolute atomic E-state index is 0.243. The molecule has 0 saturated carbocycles. The fraction of sp³-hybridized carbons (Fsp3) is 0.261. The van der Waals surface area contributed by atoms with Gasteiger partial charge in [0.15, 0.2) is 0 Å². The summed E-state index contributed by atoms with van der Waals surface area (Å²) in [5.41, 5.74) is 5.88. The minimum Gasteiger partial charge on any atom is -0.463 e. The lowest BCUT2D eigenvalue weighted by atomic mass is 10.2. The van der Waals surface area contributed by atoms with Gasteiger partial charge in [0, 0.05) is 54.1 Å². The first-order chi connectivity index (χ1) is 16.3. The molecule has 3 aromatic heterocycles. The molecule has 0 atom stereocenters. The SMILES string of the molecule is C(=N/Nc1nc(OCCc2ccccn2)nc(N2CCOCC2)n1)/c1c[nH]c2ccccc12. The summed E-state index contributed by atoms with van der Waals surface area (Å²) in [5, 5.41) is 5.42. The van der Waals surface area contributed by atoms with Crippen LogP contribution in [-0.4, -0.2) is 64.0 Å². The summed E-state index contributed by atoms with van der Waals surface area (Å²) in [4.78, 5) is 23.0. The van der Waals surface area contributed by atoms with Crippen molar-refractivity contribution in [2.24, 2.45) is 5.10 Å². The van der Waals surface area contributed by atoms with Gasteiger partial charge in [-0.05, 0) is 18.2 Å². The van der Waals surface area contributed by atoms with Crippen LogP contribution < -0.4 is 15.1 Å². The van der Waals surface area contributed by atoms with Crippen LogP contribution in [0.15, 0.2) is 60.0 Å². The molecule has 1 aliphatic heterocycles. The van der Waals surface area contributed by atoms with Crippen molar-refractivity contribution in [2.45, 2.75) is 6.42 Å². The molecule has 4 heterocycles. The van der Waals surface area contributed by atoms with Crippen LogP contribution in [0.4, 0.5) is 11.9 Å². The van der Waals surface area contributed by atoms with Gasteiger partial charge in [0.2, 0.25) is 5.95 Å². The van der Waals surface area contributed by atoms with Gasteiger partial charge in [-0.2, -0.15) is 20.1 Å². The molecule has 1 fully saturated rings. The smallest absolute Gasteiger partial charge is 0.323 e. The van der Waals surface area contributed by atoms with E-state index in [0.717, 1.165) is 22.2 Å². The largest absolute Gasteiger partial charge is 0.463 e. The van der Waals surface area contributed by atoms with Crippen LogP contribution in [0.1, 0.15) is 11.3 Å². The average molecular weight is 444 g/mol. The van der Waals surface area contributed by atoms with Crippen LogP contribution in [0.3, 0.4) is 0 Å². The molecule has 1 aromatic carbocycles. The number of fused-ring (bicyclic) bond motifs is 1. The zero-order valence-electron chi connectivity index (χ0n) is 18.0. The number of aromatic nitrogens is 5. The maximum atomic E-state index is 5.83. The highest BCUT2D eigenvalue weighted by atomic mass is 16.5.